The molecule has 0 aliphatic carbocycles. The minimum atomic E-state index is -0.614. The smallest absolute Gasteiger partial charge is 0.251 e. The van der Waals surface area contributed by atoms with Crippen molar-refractivity contribution >= 4 is 22.5 Å². The van der Waals surface area contributed by atoms with Gasteiger partial charge in [0.25, 0.3) is 5.91 Å². The quantitative estimate of drug-likeness (QED) is 0.444. The number of nitriles is 1. The first-order chi connectivity index (χ1) is 15.5. The van der Waals surface area contributed by atoms with E-state index in [1.165, 1.54) is 12.1 Å². The average Bonchev–Trinajstić information content (AvgIpc) is 2.79. The summed E-state index contributed by atoms with van der Waals surface area (Å²) in [5.41, 5.74) is 8.79. The highest BCUT2D eigenvalue weighted by atomic mass is 19.1. The molecule has 4 rings (SSSR count). The standard InChI is InChI=1S/C25H19FN4O2/c1-15-19(25(31)30-14-16-5-6-17(13-27)21(26)11-16)3-2-4-23(15)32-24-9-10-29-22-12-18(28)7-8-20(22)24/h2-12H,14,28H2,1H3,(H,30,31). The van der Waals surface area contributed by atoms with Crippen LogP contribution in [0, 0.1) is 24.1 Å². The summed E-state index contributed by atoms with van der Waals surface area (Å²) >= 11 is 0. The highest BCUT2D eigenvalue weighted by molar-refractivity contribution is 5.96. The Bertz CT molecular complexity index is 1380. The maximum Gasteiger partial charge on any atom is 0.251 e. The van der Waals surface area contributed by atoms with E-state index in [0.29, 0.717) is 39.4 Å². The van der Waals surface area contributed by atoms with E-state index >= 15 is 0 Å². The van der Waals surface area contributed by atoms with Crippen molar-refractivity contribution in [2.24, 2.45) is 0 Å². The van der Waals surface area contributed by atoms with E-state index in [2.05, 4.69) is 10.3 Å². The Kier molecular flexibility index (Phi) is 5.69. The molecular formula is C25H19FN4O2. The second kappa shape index (κ2) is 8.74. The number of aromatic nitrogens is 1. The fraction of sp³-hybridized carbons (Fsp3) is 0.0800. The summed E-state index contributed by atoms with van der Waals surface area (Å²) in [6.07, 6.45) is 1.64. The number of pyridine rings is 1. The number of nitrogen functional groups attached to an aromatic ring is 1. The first-order valence-corrected chi connectivity index (χ1v) is 9.84. The third-order valence-corrected chi connectivity index (χ3v) is 5.08. The van der Waals surface area contributed by atoms with Gasteiger partial charge in [-0.15, -0.1) is 0 Å². The molecule has 0 saturated carbocycles. The molecule has 0 aliphatic rings. The van der Waals surface area contributed by atoms with Crippen molar-refractivity contribution in [3.8, 4) is 17.6 Å². The van der Waals surface area contributed by atoms with Gasteiger partial charge in [0.1, 0.15) is 23.4 Å². The van der Waals surface area contributed by atoms with Crippen LogP contribution in [0.15, 0.2) is 66.9 Å². The van der Waals surface area contributed by atoms with E-state index < -0.39 is 5.82 Å². The maximum absolute atomic E-state index is 13.8. The molecule has 0 radical (unpaired) electrons. The van der Waals surface area contributed by atoms with Crippen LogP contribution in [0.25, 0.3) is 10.9 Å². The third-order valence-electron chi connectivity index (χ3n) is 5.08. The van der Waals surface area contributed by atoms with E-state index in [4.69, 9.17) is 15.7 Å². The van der Waals surface area contributed by atoms with Gasteiger partial charge >= 0.3 is 0 Å². The lowest BCUT2D eigenvalue weighted by Crippen LogP contribution is -2.23. The summed E-state index contributed by atoms with van der Waals surface area (Å²) in [5, 5.41) is 12.4. The van der Waals surface area contributed by atoms with Crippen molar-refractivity contribution in [1.82, 2.24) is 10.3 Å². The molecule has 3 aromatic carbocycles. The van der Waals surface area contributed by atoms with E-state index in [0.717, 1.165) is 5.39 Å². The van der Waals surface area contributed by atoms with Gasteiger partial charge in [0, 0.05) is 34.9 Å². The van der Waals surface area contributed by atoms with Crippen LogP contribution in [0.4, 0.5) is 10.1 Å². The molecule has 1 amide bonds. The number of amides is 1. The molecule has 158 valence electrons. The van der Waals surface area contributed by atoms with E-state index in [9.17, 15) is 9.18 Å². The van der Waals surface area contributed by atoms with Crippen molar-refractivity contribution in [2.45, 2.75) is 13.5 Å². The van der Waals surface area contributed by atoms with Gasteiger partial charge in [-0.2, -0.15) is 5.26 Å². The van der Waals surface area contributed by atoms with Crippen LogP contribution in [0.2, 0.25) is 0 Å². The fourth-order valence-corrected chi connectivity index (χ4v) is 3.35. The van der Waals surface area contributed by atoms with Crippen LogP contribution in [-0.2, 0) is 6.54 Å². The molecule has 0 bridgehead atoms. The molecule has 0 saturated heterocycles. The number of hydrogen-bond acceptors (Lipinski definition) is 5. The number of ether oxygens (including phenoxy) is 1. The van der Waals surface area contributed by atoms with Gasteiger partial charge in [0.2, 0.25) is 0 Å². The molecule has 7 heteroatoms. The van der Waals surface area contributed by atoms with Gasteiger partial charge in [-0.1, -0.05) is 12.1 Å². The normalized spacial score (nSPS) is 10.5. The zero-order chi connectivity index (χ0) is 22.7. The van der Waals surface area contributed by atoms with Crippen molar-refractivity contribution in [2.75, 3.05) is 5.73 Å². The Hall–Kier alpha value is -4.44. The average molecular weight is 426 g/mol. The Morgan fingerprint density at radius 2 is 2.00 bits per heavy atom. The van der Waals surface area contributed by atoms with Crippen LogP contribution >= 0.6 is 0 Å². The zero-order valence-corrected chi connectivity index (χ0v) is 17.2. The number of halogens is 1. The lowest BCUT2D eigenvalue weighted by Gasteiger charge is -2.14. The predicted molar refractivity (Wildman–Crippen MR) is 120 cm³/mol. The Morgan fingerprint density at radius 3 is 2.78 bits per heavy atom. The van der Waals surface area contributed by atoms with Crippen molar-refractivity contribution < 1.29 is 13.9 Å². The van der Waals surface area contributed by atoms with E-state index in [1.54, 1.807) is 61.7 Å². The number of nitrogens with one attached hydrogen (secondary N) is 1. The molecule has 0 unspecified atom stereocenters. The monoisotopic (exact) mass is 426 g/mol. The van der Waals surface area contributed by atoms with Crippen LogP contribution in [0.3, 0.4) is 0 Å². The third kappa shape index (κ3) is 4.20. The minimum absolute atomic E-state index is 0.0351. The molecule has 3 N–H and O–H groups in total. The van der Waals surface area contributed by atoms with Crippen LogP contribution in [-0.4, -0.2) is 10.9 Å². The van der Waals surface area contributed by atoms with E-state index in [1.807, 2.05) is 6.07 Å². The van der Waals surface area contributed by atoms with Gasteiger partial charge in [-0.05, 0) is 61.0 Å². The molecule has 4 aromatic rings. The van der Waals surface area contributed by atoms with Gasteiger partial charge in [0.15, 0.2) is 0 Å². The lowest BCUT2D eigenvalue weighted by atomic mass is 10.1. The molecule has 1 aromatic heterocycles. The summed E-state index contributed by atoms with van der Waals surface area (Å²) in [6, 6.07) is 18.4. The van der Waals surface area contributed by atoms with Gasteiger partial charge < -0.3 is 15.8 Å². The topological polar surface area (TPSA) is 101 Å². The maximum atomic E-state index is 13.8. The number of rotatable bonds is 5. The van der Waals surface area contributed by atoms with Crippen LogP contribution in [0.1, 0.15) is 27.0 Å². The number of nitrogens with zero attached hydrogens (tertiary/aromatic N) is 2. The number of anilines is 1. The molecule has 6 nitrogen and oxygen atoms in total. The zero-order valence-electron chi connectivity index (χ0n) is 17.2. The number of carbonyl (C=O) groups excluding carboxylic acids is 1. The van der Waals surface area contributed by atoms with Crippen molar-refractivity contribution in [3.63, 3.8) is 0 Å². The summed E-state index contributed by atoms with van der Waals surface area (Å²) < 4.78 is 19.9. The first kappa shape index (κ1) is 20.8. The number of fused-ring (bicyclic) bond motifs is 1. The second-order valence-electron chi connectivity index (χ2n) is 7.23. The number of benzene rings is 3. The SMILES string of the molecule is Cc1c(Oc2ccnc3cc(N)ccc23)cccc1C(=O)NCc1ccc(C#N)c(F)c1. The molecule has 0 aliphatic heterocycles. The van der Waals surface area contributed by atoms with Gasteiger partial charge in [-0.3, -0.25) is 9.78 Å². The largest absolute Gasteiger partial charge is 0.456 e. The minimum Gasteiger partial charge on any atom is -0.456 e. The summed E-state index contributed by atoms with van der Waals surface area (Å²) in [6.45, 7) is 1.93. The summed E-state index contributed by atoms with van der Waals surface area (Å²) in [7, 11) is 0. The molecule has 1 heterocycles. The number of hydrogen-bond donors (Lipinski definition) is 2. The Balaban J connectivity index is 1.54. The van der Waals surface area contributed by atoms with Crippen molar-refractivity contribution in [1.29, 1.82) is 5.26 Å². The van der Waals surface area contributed by atoms with Gasteiger partial charge in [0.05, 0.1) is 11.1 Å². The highest BCUT2D eigenvalue weighted by Crippen LogP contribution is 2.32. The molecule has 0 spiro atoms. The highest BCUT2D eigenvalue weighted by Gasteiger charge is 2.14. The predicted octanol–water partition coefficient (Wildman–Crippen LogP) is 4.86. The van der Waals surface area contributed by atoms with Crippen molar-refractivity contribution in [3.05, 3.63) is 94.9 Å². The van der Waals surface area contributed by atoms with Gasteiger partial charge in [-0.25, -0.2) is 4.39 Å². The summed E-state index contributed by atoms with van der Waals surface area (Å²) in [5.74, 6) is 0.206. The van der Waals surface area contributed by atoms with Crippen LogP contribution < -0.4 is 15.8 Å². The first-order valence-electron chi connectivity index (χ1n) is 9.84. The van der Waals surface area contributed by atoms with E-state index in [-0.39, 0.29) is 18.0 Å². The molecule has 0 atom stereocenters. The second-order valence-corrected chi connectivity index (χ2v) is 7.23. The number of carbonyl (C=O) groups is 1. The summed E-state index contributed by atoms with van der Waals surface area (Å²) in [4.78, 5) is 17.1. The fourth-order valence-electron chi connectivity index (χ4n) is 3.35. The Labute approximate surface area is 184 Å². The van der Waals surface area contributed by atoms with Crippen LogP contribution in [0.5, 0.6) is 11.5 Å². The molecular weight excluding hydrogens is 407 g/mol. The Morgan fingerprint density at radius 1 is 1.16 bits per heavy atom. The molecule has 0 fully saturated rings. The molecule has 32 heavy (non-hydrogen) atoms. The lowest BCUT2D eigenvalue weighted by molar-refractivity contribution is 0.0950. The number of nitrogens with two attached hydrogens (primary N) is 1.